The van der Waals surface area contributed by atoms with Crippen molar-refractivity contribution in [3.8, 4) is 11.8 Å². The lowest BCUT2D eigenvalue weighted by Crippen LogP contribution is -2.20. The zero-order valence-electron chi connectivity index (χ0n) is 11.1. The molecule has 5 heteroatoms. The highest BCUT2D eigenvalue weighted by Crippen LogP contribution is 2.36. The van der Waals surface area contributed by atoms with Crippen molar-refractivity contribution < 1.29 is 4.74 Å². The van der Waals surface area contributed by atoms with Crippen LogP contribution in [0, 0.1) is 11.3 Å². The first kappa shape index (κ1) is 14.2. The summed E-state index contributed by atoms with van der Waals surface area (Å²) in [5.74, 6) is 0.899. The van der Waals surface area contributed by atoms with Gasteiger partial charge >= 0.3 is 0 Å². The van der Waals surface area contributed by atoms with Crippen LogP contribution in [-0.2, 0) is 0 Å². The van der Waals surface area contributed by atoms with Gasteiger partial charge in [-0.1, -0.05) is 27.5 Å². The molecule has 1 aliphatic heterocycles. The molecular weight excluding hydrogens is 352 g/mol. The van der Waals surface area contributed by atoms with Crippen molar-refractivity contribution in [3.63, 3.8) is 0 Å². The number of hydrogen-bond donors (Lipinski definition) is 1. The summed E-state index contributed by atoms with van der Waals surface area (Å²) in [6.45, 7) is 0.672. The van der Waals surface area contributed by atoms with Crippen LogP contribution in [-0.4, -0.2) is 6.61 Å². The van der Waals surface area contributed by atoms with E-state index in [1.807, 2.05) is 18.2 Å². The molecule has 0 aromatic heterocycles. The lowest BCUT2D eigenvalue weighted by Gasteiger charge is -2.27. The van der Waals surface area contributed by atoms with Gasteiger partial charge in [0.2, 0.25) is 0 Å². The standard InChI is InChI=1S/C16H12BrClN2O/c17-11-1-4-16-13(8-11)15(5-6-21-16)20-12-2-3-14(18)10(7-12)9-19/h1-4,7-8,15,20H,5-6H2. The van der Waals surface area contributed by atoms with E-state index in [0.29, 0.717) is 17.2 Å². The molecule has 1 atom stereocenters. The monoisotopic (exact) mass is 362 g/mol. The third-order valence-corrected chi connectivity index (χ3v) is 4.26. The van der Waals surface area contributed by atoms with Gasteiger partial charge in [0.05, 0.1) is 23.2 Å². The smallest absolute Gasteiger partial charge is 0.124 e. The Morgan fingerprint density at radius 2 is 2.14 bits per heavy atom. The van der Waals surface area contributed by atoms with Gasteiger partial charge in [-0.3, -0.25) is 0 Å². The fourth-order valence-corrected chi connectivity index (χ4v) is 2.96. The average molecular weight is 364 g/mol. The minimum absolute atomic E-state index is 0.152. The highest BCUT2D eigenvalue weighted by atomic mass is 79.9. The van der Waals surface area contributed by atoms with Crippen LogP contribution < -0.4 is 10.1 Å². The average Bonchev–Trinajstić information content (AvgIpc) is 2.50. The Balaban J connectivity index is 1.90. The maximum absolute atomic E-state index is 9.05. The van der Waals surface area contributed by atoms with Crippen LogP contribution in [0.25, 0.3) is 0 Å². The van der Waals surface area contributed by atoms with E-state index in [9.17, 15) is 0 Å². The molecule has 0 saturated carbocycles. The van der Waals surface area contributed by atoms with Gasteiger partial charge in [0.15, 0.2) is 0 Å². The van der Waals surface area contributed by atoms with E-state index in [2.05, 4.69) is 33.4 Å². The van der Waals surface area contributed by atoms with E-state index in [-0.39, 0.29) is 6.04 Å². The predicted molar refractivity (Wildman–Crippen MR) is 86.8 cm³/mol. The molecule has 1 unspecified atom stereocenters. The SMILES string of the molecule is N#Cc1cc(NC2CCOc3ccc(Br)cc32)ccc1Cl. The molecule has 0 fully saturated rings. The Kier molecular flexibility index (Phi) is 4.05. The number of rotatable bonds is 2. The van der Waals surface area contributed by atoms with Crippen LogP contribution in [0.1, 0.15) is 23.6 Å². The molecule has 1 aliphatic rings. The van der Waals surface area contributed by atoms with E-state index in [4.69, 9.17) is 21.6 Å². The normalized spacial score (nSPS) is 16.5. The molecule has 106 valence electrons. The summed E-state index contributed by atoms with van der Waals surface area (Å²) < 4.78 is 6.70. The summed E-state index contributed by atoms with van der Waals surface area (Å²) in [7, 11) is 0. The number of ether oxygens (including phenoxy) is 1. The zero-order chi connectivity index (χ0) is 14.8. The molecule has 0 saturated heterocycles. The van der Waals surface area contributed by atoms with Gasteiger partial charge in [-0.05, 0) is 36.4 Å². The molecule has 3 nitrogen and oxygen atoms in total. The van der Waals surface area contributed by atoms with Crippen molar-refractivity contribution in [1.29, 1.82) is 5.26 Å². The van der Waals surface area contributed by atoms with Crippen molar-refractivity contribution in [2.75, 3.05) is 11.9 Å². The molecule has 1 N–H and O–H groups in total. The summed E-state index contributed by atoms with van der Waals surface area (Å²) >= 11 is 9.46. The summed E-state index contributed by atoms with van der Waals surface area (Å²) in [5.41, 5.74) is 2.47. The molecule has 0 bridgehead atoms. The van der Waals surface area contributed by atoms with E-state index in [1.165, 1.54) is 0 Å². The first-order valence-corrected chi connectivity index (χ1v) is 7.73. The van der Waals surface area contributed by atoms with Crippen molar-refractivity contribution in [2.24, 2.45) is 0 Å². The van der Waals surface area contributed by atoms with Gasteiger partial charge in [0, 0.05) is 22.1 Å². The number of nitriles is 1. The van der Waals surface area contributed by atoms with Gasteiger partial charge in [0.1, 0.15) is 11.8 Å². The number of fused-ring (bicyclic) bond motifs is 1. The number of nitrogens with zero attached hydrogens (tertiary/aromatic N) is 1. The molecular formula is C16H12BrClN2O. The highest BCUT2D eigenvalue weighted by molar-refractivity contribution is 9.10. The molecule has 1 heterocycles. The second kappa shape index (κ2) is 5.97. The molecule has 0 radical (unpaired) electrons. The Labute approximate surface area is 136 Å². The van der Waals surface area contributed by atoms with Crippen LogP contribution in [0.5, 0.6) is 5.75 Å². The predicted octanol–water partition coefficient (Wildman–Crippen LogP) is 4.91. The van der Waals surface area contributed by atoms with Gasteiger partial charge in [-0.2, -0.15) is 5.26 Å². The number of hydrogen-bond acceptors (Lipinski definition) is 3. The summed E-state index contributed by atoms with van der Waals surface area (Å²) in [5, 5.41) is 13.0. The lowest BCUT2D eigenvalue weighted by atomic mass is 10.00. The largest absolute Gasteiger partial charge is 0.493 e. The molecule has 21 heavy (non-hydrogen) atoms. The van der Waals surface area contributed by atoms with Gasteiger partial charge in [-0.15, -0.1) is 0 Å². The molecule has 0 spiro atoms. The first-order valence-electron chi connectivity index (χ1n) is 6.56. The number of anilines is 1. The second-order valence-corrected chi connectivity index (χ2v) is 6.15. The molecule has 3 rings (SSSR count). The van der Waals surface area contributed by atoms with E-state index in [1.54, 1.807) is 12.1 Å². The Bertz CT molecular complexity index is 727. The summed E-state index contributed by atoms with van der Waals surface area (Å²) in [6, 6.07) is 13.6. The fourth-order valence-electron chi connectivity index (χ4n) is 2.42. The third kappa shape index (κ3) is 2.99. The third-order valence-electron chi connectivity index (χ3n) is 3.44. The van der Waals surface area contributed by atoms with Crippen molar-refractivity contribution in [3.05, 3.63) is 57.0 Å². The summed E-state index contributed by atoms with van der Waals surface area (Å²) in [4.78, 5) is 0. The van der Waals surface area contributed by atoms with Crippen LogP contribution in [0.2, 0.25) is 5.02 Å². The van der Waals surface area contributed by atoms with E-state index < -0.39 is 0 Å². The van der Waals surface area contributed by atoms with E-state index in [0.717, 1.165) is 27.9 Å². The van der Waals surface area contributed by atoms with Crippen molar-refractivity contribution in [2.45, 2.75) is 12.5 Å². The van der Waals surface area contributed by atoms with Crippen molar-refractivity contribution >= 4 is 33.2 Å². The Morgan fingerprint density at radius 1 is 1.29 bits per heavy atom. The maximum Gasteiger partial charge on any atom is 0.124 e. The topological polar surface area (TPSA) is 45.0 Å². The van der Waals surface area contributed by atoms with Crippen LogP contribution >= 0.6 is 27.5 Å². The lowest BCUT2D eigenvalue weighted by molar-refractivity contribution is 0.274. The Morgan fingerprint density at radius 3 is 2.95 bits per heavy atom. The second-order valence-electron chi connectivity index (χ2n) is 4.82. The maximum atomic E-state index is 9.05. The minimum Gasteiger partial charge on any atom is -0.493 e. The number of halogens is 2. The van der Waals surface area contributed by atoms with Gasteiger partial charge < -0.3 is 10.1 Å². The molecule has 2 aromatic carbocycles. The molecule has 0 amide bonds. The van der Waals surface area contributed by atoms with Crippen molar-refractivity contribution in [1.82, 2.24) is 0 Å². The first-order chi connectivity index (χ1) is 10.2. The molecule has 2 aromatic rings. The molecule has 0 aliphatic carbocycles. The van der Waals surface area contributed by atoms with Crippen LogP contribution in [0.3, 0.4) is 0 Å². The zero-order valence-corrected chi connectivity index (χ0v) is 13.4. The van der Waals surface area contributed by atoms with Gasteiger partial charge in [0.25, 0.3) is 0 Å². The number of benzene rings is 2. The highest BCUT2D eigenvalue weighted by Gasteiger charge is 2.21. The van der Waals surface area contributed by atoms with E-state index >= 15 is 0 Å². The Hall–Kier alpha value is -1.70. The minimum atomic E-state index is 0.152. The quantitative estimate of drug-likeness (QED) is 0.824. The van der Waals surface area contributed by atoms with Crippen LogP contribution in [0.4, 0.5) is 5.69 Å². The fraction of sp³-hybridized carbons (Fsp3) is 0.188. The number of nitrogens with one attached hydrogen (secondary N) is 1. The summed E-state index contributed by atoms with van der Waals surface area (Å²) in [6.07, 6.45) is 0.869. The van der Waals surface area contributed by atoms with Gasteiger partial charge in [-0.25, -0.2) is 0 Å². The van der Waals surface area contributed by atoms with Crippen LogP contribution in [0.15, 0.2) is 40.9 Å².